The second-order valence-corrected chi connectivity index (χ2v) is 6.46. The molecule has 0 unspecified atom stereocenters. The SMILES string of the molecule is c1ccc2[nH]c(N3CCN(c4cc5ccccc5[nH]4)CC3)cc2c1. The standard InChI is InChI=1S/C20H20N4/c1-3-7-17-15(5-1)13-19(21-17)23-9-11-24(12-10-23)20-14-16-6-2-4-8-18(16)22-20/h1-8,13-14,21-22H,9-12H2. The number of anilines is 2. The Labute approximate surface area is 140 Å². The van der Waals surface area contributed by atoms with Crippen molar-refractivity contribution in [3.63, 3.8) is 0 Å². The molecule has 120 valence electrons. The lowest BCUT2D eigenvalue weighted by Crippen LogP contribution is -2.46. The highest BCUT2D eigenvalue weighted by molar-refractivity contribution is 5.85. The molecule has 1 aliphatic rings. The Hall–Kier alpha value is -2.88. The molecular weight excluding hydrogens is 296 g/mol. The molecule has 4 heteroatoms. The first-order valence-electron chi connectivity index (χ1n) is 8.52. The highest BCUT2D eigenvalue weighted by atomic mass is 15.3. The van der Waals surface area contributed by atoms with Crippen LogP contribution in [0.5, 0.6) is 0 Å². The Morgan fingerprint density at radius 3 is 1.42 bits per heavy atom. The molecule has 2 aromatic carbocycles. The Kier molecular flexibility index (Phi) is 3.01. The lowest BCUT2D eigenvalue weighted by molar-refractivity contribution is 0.645. The highest BCUT2D eigenvalue weighted by Gasteiger charge is 2.19. The fraction of sp³-hybridized carbons (Fsp3) is 0.200. The van der Waals surface area contributed by atoms with Crippen LogP contribution >= 0.6 is 0 Å². The number of piperazine rings is 1. The van der Waals surface area contributed by atoms with Gasteiger partial charge in [0.1, 0.15) is 11.6 Å². The number of hydrogen-bond acceptors (Lipinski definition) is 2. The van der Waals surface area contributed by atoms with E-state index in [2.05, 4.69) is 80.4 Å². The van der Waals surface area contributed by atoms with E-state index in [-0.39, 0.29) is 0 Å². The summed E-state index contributed by atoms with van der Waals surface area (Å²) in [6, 6.07) is 21.5. The van der Waals surface area contributed by atoms with E-state index in [1.165, 1.54) is 33.4 Å². The first-order chi connectivity index (χ1) is 11.9. The maximum atomic E-state index is 3.54. The van der Waals surface area contributed by atoms with Crippen molar-refractivity contribution in [3.8, 4) is 0 Å². The number of fused-ring (bicyclic) bond motifs is 2. The topological polar surface area (TPSA) is 38.1 Å². The van der Waals surface area contributed by atoms with Gasteiger partial charge in [-0.3, -0.25) is 0 Å². The van der Waals surface area contributed by atoms with Gasteiger partial charge in [0, 0.05) is 48.0 Å². The van der Waals surface area contributed by atoms with Gasteiger partial charge in [-0.1, -0.05) is 36.4 Å². The van der Waals surface area contributed by atoms with E-state index in [4.69, 9.17) is 0 Å². The van der Waals surface area contributed by atoms with Crippen LogP contribution in [0.4, 0.5) is 11.6 Å². The normalized spacial score (nSPS) is 15.5. The zero-order chi connectivity index (χ0) is 15.9. The van der Waals surface area contributed by atoms with Crippen LogP contribution in [0.2, 0.25) is 0 Å². The average molecular weight is 316 g/mol. The molecule has 0 spiro atoms. The lowest BCUT2D eigenvalue weighted by Gasteiger charge is -2.35. The van der Waals surface area contributed by atoms with Crippen molar-refractivity contribution in [3.05, 3.63) is 60.7 Å². The summed E-state index contributed by atoms with van der Waals surface area (Å²) in [5.41, 5.74) is 2.43. The van der Waals surface area contributed by atoms with Gasteiger partial charge in [-0.05, 0) is 24.3 Å². The van der Waals surface area contributed by atoms with Gasteiger partial charge in [-0.25, -0.2) is 0 Å². The minimum atomic E-state index is 1.03. The van der Waals surface area contributed by atoms with E-state index in [1.807, 2.05) is 0 Å². The van der Waals surface area contributed by atoms with E-state index in [0.717, 1.165) is 26.2 Å². The number of aromatic amines is 2. The van der Waals surface area contributed by atoms with Crippen LogP contribution in [-0.4, -0.2) is 36.1 Å². The summed E-state index contributed by atoms with van der Waals surface area (Å²) >= 11 is 0. The molecular formula is C20H20N4. The first-order valence-corrected chi connectivity index (χ1v) is 8.52. The molecule has 4 aromatic rings. The van der Waals surface area contributed by atoms with Crippen molar-refractivity contribution >= 4 is 33.4 Å². The Bertz CT molecular complexity index is 841. The summed E-state index contributed by atoms with van der Waals surface area (Å²) in [4.78, 5) is 12.0. The molecule has 0 saturated carbocycles. The summed E-state index contributed by atoms with van der Waals surface area (Å²) < 4.78 is 0. The number of nitrogens with zero attached hydrogens (tertiary/aromatic N) is 2. The number of H-pyrrole nitrogens is 2. The Morgan fingerprint density at radius 2 is 1.00 bits per heavy atom. The quantitative estimate of drug-likeness (QED) is 0.587. The van der Waals surface area contributed by atoms with Gasteiger partial charge in [-0.15, -0.1) is 0 Å². The molecule has 0 amide bonds. The number of hydrogen-bond donors (Lipinski definition) is 2. The van der Waals surface area contributed by atoms with Gasteiger partial charge in [0.2, 0.25) is 0 Å². The van der Waals surface area contributed by atoms with Crippen molar-refractivity contribution in [2.24, 2.45) is 0 Å². The molecule has 0 bridgehead atoms. The van der Waals surface area contributed by atoms with Crippen LogP contribution in [0.15, 0.2) is 60.7 Å². The number of nitrogens with one attached hydrogen (secondary N) is 2. The van der Waals surface area contributed by atoms with Crippen molar-refractivity contribution in [1.29, 1.82) is 0 Å². The molecule has 2 aromatic heterocycles. The number of para-hydroxylation sites is 2. The minimum absolute atomic E-state index is 1.03. The maximum absolute atomic E-state index is 3.54. The van der Waals surface area contributed by atoms with Crippen LogP contribution in [0.1, 0.15) is 0 Å². The first kappa shape index (κ1) is 13.5. The summed E-state index contributed by atoms with van der Waals surface area (Å²) in [6.45, 7) is 4.12. The van der Waals surface area contributed by atoms with Crippen LogP contribution in [0.3, 0.4) is 0 Å². The summed E-state index contributed by atoms with van der Waals surface area (Å²) in [5, 5.41) is 2.57. The van der Waals surface area contributed by atoms with Crippen LogP contribution in [-0.2, 0) is 0 Å². The largest absolute Gasteiger partial charge is 0.355 e. The Balaban J connectivity index is 1.34. The van der Waals surface area contributed by atoms with Gasteiger partial charge in [0.25, 0.3) is 0 Å². The van der Waals surface area contributed by atoms with Crippen LogP contribution < -0.4 is 9.80 Å². The number of benzene rings is 2. The summed E-state index contributed by atoms with van der Waals surface area (Å²) in [5.74, 6) is 2.46. The summed E-state index contributed by atoms with van der Waals surface area (Å²) in [7, 11) is 0. The minimum Gasteiger partial charge on any atom is -0.355 e. The van der Waals surface area contributed by atoms with E-state index in [0.29, 0.717) is 0 Å². The zero-order valence-corrected chi connectivity index (χ0v) is 13.5. The van der Waals surface area contributed by atoms with E-state index < -0.39 is 0 Å². The average Bonchev–Trinajstić information content (AvgIpc) is 3.25. The summed E-state index contributed by atoms with van der Waals surface area (Å²) in [6.07, 6.45) is 0. The molecule has 0 atom stereocenters. The monoisotopic (exact) mass is 316 g/mol. The predicted molar refractivity (Wildman–Crippen MR) is 101 cm³/mol. The van der Waals surface area contributed by atoms with E-state index in [9.17, 15) is 0 Å². The third-order valence-corrected chi connectivity index (χ3v) is 4.99. The van der Waals surface area contributed by atoms with Gasteiger partial charge in [0.15, 0.2) is 0 Å². The van der Waals surface area contributed by atoms with Crippen molar-refractivity contribution in [2.45, 2.75) is 0 Å². The predicted octanol–water partition coefficient (Wildman–Crippen LogP) is 3.98. The molecule has 0 aliphatic carbocycles. The molecule has 24 heavy (non-hydrogen) atoms. The van der Waals surface area contributed by atoms with E-state index in [1.54, 1.807) is 0 Å². The molecule has 5 rings (SSSR count). The number of aromatic nitrogens is 2. The smallest absolute Gasteiger partial charge is 0.107 e. The van der Waals surface area contributed by atoms with Crippen molar-refractivity contribution < 1.29 is 0 Å². The third kappa shape index (κ3) is 2.22. The van der Waals surface area contributed by atoms with Gasteiger partial charge in [-0.2, -0.15) is 0 Å². The molecule has 2 N–H and O–H groups in total. The van der Waals surface area contributed by atoms with Crippen molar-refractivity contribution in [1.82, 2.24) is 9.97 Å². The molecule has 1 saturated heterocycles. The lowest BCUT2D eigenvalue weighted by atomic mass is 10.2. The van der Waals surface area contributed by atoms with Gasteiger partial charge in [0.05, 0.1) is 0 Å². The van der Waals surface area contributed by atoms with Crippen molar-refractivity contribution in [2.75, 3.05) is 36.0 Å². The molecule has 0 radical (unpaired) electrons. The molecule has 3 heterocycles. The second kappa shape index (κ2) is 5.34. The Morgan fingerprint density at radius 1 is 0.583 bits per heavy atom. The fourth-order valence-corrected chi connectivity index (χ4v) is 3.65. The van der Waals surface area contributed by atoms with E-state index >= 15 is 0 Å². The number of rotatable bonds is 2. The van der Waals surface area contributed by atoms with Gasteiger partial charge < -0.3 is 19.8 Å². The maximum Gasteiger partial charge on any atom is 0.107 e. The molecule has 1 aliphatic heterocycles. The fourth-order valence-electron chi connectivity index (χ4n) is 3.65. The van der Waals surface area contributed by atoms with Crippen LogP contribution in [0.25, 0.3) is 21.8 Å². The second-order valence-electron chi connectivity index (χ2n) is 6.46. The zero-order valence-electron chi connectivity index (χ0n) is 13.5. The third-order valence-electron chi connectivity index (χ3n) is 4.99. The molecule has 1 fully saturated rings. The highest BCUT2D eigenvalue weighted by Crippen LogP contribution is 2.25. The van der Waals surface area contributed by atoms with Gasteiger partial charge >= 0.3 is 0 Å². The van der Waals surface area contributed by atoms with Crippen LogP contribution in [0, 0.1) is 0 Å². The molecule has 4 nitrogen and oxygen atoms in total.